The Hall–Kier alpha value is -1.52. The highest BCUT2D eigenvalue weighted by molar-refractivity contribution is 9.10. The van der Waals surface area contributed by atoms with Crippen LogP contribution in [0.4, 0.5) is 4.39 Å². The summed E-state index contributed by atoms with van der Waals surface area (Å²) in [6.07, 6.45) is 0.106. The number of hydrogen-bond donors (Lipinski definition) is 1. The van der Waals surface area contributed by atoms with Crippen LogP contribution in [0, 0.1) is 5.82 Å². The van der Waals surface area contributed by atoms with Crippen molar-refractivity contribution < 1.29 is 9.18 Å². The van der Waals surface area contributed by atoms with Crippen LogP contribution < -0.4 is 5.73 Å². The van der Waals surface area contributed by atoms with E-state index in [0.717, 1.165) is 5.56 Å². The predicted octanol–water partition coefficient (Wildman–Crippen LogP) is 3.40. The highest BCUT2D eigenvalue weighted by Crippen LogP contribution is 2.21. The standard InChI is InChI=1S/C15H13BrFNO/c16-13-7-6-12(17)8-11(13)9-14(19)15(18)10-4-2-1-3-5-10/h1-8,15H,9,18H2/t15-/m1/s1. The number of carbonyl (C=O) groups is 1. The molecule has 2 aromatic rings. The normalized spacial score (nSPS) is 12.2. The van der Waals surface area contributed by atoms with Gasteiger partial charge >= 0.3 is 0 Å². The highest BCUT2D eigenvalue weighted by atomic mass is 79.9. The maximum absolute atomic E-state index is 13.2. The molecule has 19 heavy (non-hydrogen) atoms. The number of ketones is 1. The molecule has 0 fully saturated rings. The van der Waals surface area contributed by atoms with E-state index in [2.05, 4.69) is 15.9 Å². The van der Waals surface area contributed by atoms with Crippen LogP contribution in [0.5, 0.6) is 0 Å². The zero-order valence-corrected chi connectivity index (χ0v) is 11.7. The second-order valence-electron chi connectivity index (χ2n) is 4.27. The molecule has 0 amide bonds. The van der Waals surface area contributed by atoms with Gasteiger partial charge in [-0.05, 0) is 29.3 Å². The van der Waals surface area contributed by atoms with Crippen molar-refractivity contribution in [3.63, 3.8) is 0 Å². The summed E-state index contributed by atoms with van der Waals surface area (Å²) in [5, 5.41) is 0. The van der Waals surface area contributed by atoms with Gasteiger partial charge in [-0.15, -0.1) is 0 Å². The SMILES string of the molecule is N[C@@H](C(=O)Cc1cc(F)ccc1Br)c1ccccc1. The third kappa shape index (κ3) is 3.49. The van der Waals surface area contributed by atoms with Gasteiger partial charge in [0.25, 0.3) is 0 Å². The number of rotatable bonds is 4. The van der Waals surface area contributed by atoms with Crippen molar-refractivity contribution >= 4 is 21.7 Å². The van der Waals surface area contributed by atoms with E-state index >= 15 is 0 Å². The summed E-state index contributed by atoms with van der Waals surface area (Å²) in [4.78, 5) is 12.1. The molecule has 0 aliphatic rings. The molecule has 2 N–H and O–H groups in total. The van der Waals surface area contributed by atoms with Gasteiger partial charge in [-0.1, -0.05) is 46.3 Å². The van der Waals surface area contributed by atoms with E-state index in [4.69, 9.17) is 5.73 Å². The molecule has 2 nitrogen and oxygen atoms in total. The molecule has 4 heteroatoms. The Morgan fingerprint density at radius 2 is 1.89 bits per heavy atom. The van der Waals surface area contributed by atoms with Crippen LogP contribution >= 0.6 is 15.9 Å². The summed E-state index contributed by atoms with van der Waals surface area (Å²) in [7, 11) is 0. The minimum atomic E-state index is -0.684. The van der Waals surface area contributed by atoms with Gasteiger partial charge in [0.1, 0.15) is 5.82 Å². The lowest BCUT2D eigenvalue weighted by Crippen LogP contribution is -2.23. The zero-order chi connectivity index (χ0) is 13.8. The molecule has 1 atom stereocenters. The van der Waals surface area contributed by atoms with Gasteiger partial charge in [-0.3, -0.25) is 4.79 Å². The van der Waals surface area contributed by atoms with Gasteiger partial charge in [0.05, 0.1) is 6.04 Å². The van der Waals surface area contributed by atoms with Gasteiger partial charge < -0.3 is 5.73 Å². The lowest BCUT2D eigenvalue weighted by molar-refractivity contribution is -0.119. The van der Waals surface area contributed by atoms with Crippen LogP contribution in [0.1, 0.15) is 17.2 Å². The molecule has 0 radical (unpaired) electrons. The minimum Gasteiger partial charge on any atom is -0.318 e. The number of hydrogen-bond acceptors (Lipinski definition) is 2. The number of halogens is 2. The Morgan fingerprint density at radius 3 is 2.58 bits per heavy atom. The summed E-state index contributed by atoms with van der Waals surface area (Å²) in [6.45, 7) is 0. The molecule has 0 saturated carbocycles. The topological polar surface area (TPSA) is 43.1 Å². The summed E-state index contributed by atoms with van der Waals surface area (Å²) in [5.74, 6) is -0.503. The Morgan fingerprint density at radius 1 is 1.21 bits per heavy atom. The van der Waals surface area contributed by atoms with E-state index in [1.807, 2.05) is 30.3 Å². The van der Waals surface area contributed by atoms with E-state index in [0.29, 0.717) is 10.0 Å². The van der Waals surface area contributed by atoms with Crippen molar-refractivity contribution in [1.82, 2.24) is 0 Å². The molecule has 2 rings (SSSR count). The van der Waals surface area contributed by atoms with Crippen molar-refractivity contribution in [2.45, 2.75) is 12.5 Å². The fraction of sp³-hybridized carbons (Fsp3) is 0.133. The van der Waals surface area contributed by atoms with Crippen molar-refractivity contribution in [2.75, 3.05) is 0 Å². The summed E-state index contributed by atoms with van der Waals surface area (Å²) in [6, 6.07) is 12.7. The Bertz CT molecular complexity index is 586. The van der Waals surface area contributed by atoms with Gasteiger partial charge in [-0.25, -0.2) is 4.39 Å². The van der Waals surface area contributed by atoms with Crippen LogP contribution in [0.2, 0.25) is 0 Å². The molecule has 0 saturated heterocycles. The maximum Gasteiger partial charge on any atom is 0.158 e. The number of nitrogens with two attached hydrogens (primary N) is 1. The molecule has 0 aliphatic carbocycles. The molecular weight excluding hydrogens is 309 g/mol. The average molecular weight is 322 g/mol. The van der Waals surface area contributed by atoms with Crippen LogP contribution in [0.3, 0.4) is 0 Å². The zero-order valence-electron chi connectivity index (χ0n) is 10.1. The van der Waals surface area contributed by atoms with Crippen LogP contribution in [0.25, 0.3) is 0 Å². The summed E-state index contributed by atoms with van der Waals surface area (Å²) >= 11 is 3.30. The Balaban J connectivity index is 2.15. The van der Waals surface area contributed by atoms with E-state index in [9.17, 15) is 9.18 Å². The molecule has 0 unspecified atom stereocenters. The second kappa shape index (κ2) is 6.08. The third-order valence-electron chi connectivity index (χ3n) is 2.88. The van der Waals surface area contributed by atoms with Gasteiger partial charge in [-0.2, -0.15) is 0 Å². The lowest BCUT2D eigenvalue weighted by Gasteiger charge is -2.11. The van der Waals surface area contributed by atoms with E-state index in [1.54, 1.807) is 6.07 Å². The molecule has 0 aliphatic heterocycles. The Labute approximate surface area is 119 Å². The van der Waals surface area contributed by atoms with E-state index in [1.165, 1.54) is 12.1 Å². The maximum atomic E-state index is 13.2. The lowest BCUT2D eigenvalue weighted by atomic mass is 9.98. The first-order valence-corrected chi connectivity index (χ1v) is 6.64. The third-order valence-corrected chi connectivity index (χ3v) is 3.65. The quantitative estimate of drug-likeness (QED) is 0.937. The predicted molar refractivity (Wildman–Crippen MR) is 76.2 cm³/mol. The Kier molecular flexibility index (Phi) is 4.45. The van der Waals surface area contributed by atoms with Crippen LogP contribution in [-0.2, 0) is 11.2 Å². The van der Waals surface area contributed by atoms with Gasteiger partial charge in [0, 0.05) is 10.9 Å². The van der Waals surface area contributed by atoms with E-state index in [-0.39, 0.29) is 18.0 Å². The molecule has 0 heterocycles. The number of benzene rings is 2. The molecule has 2 aromatic carbocycles. The molecule has 0 bridgehead atoms. The highest BCUT2D eigenvalue weighted by Gasteiger charge is 2.17. The second-order valence-corrected chi connectivity index (χ2v) is 5.12. The average Bonchev–Trinajstić information content (AvgIpc) is 2.43. The van der Waals surface area contributed by atoms with Crippen molar-refractivity contribution in [3.05, 3.63) is 69.9 Å². The van der Waals surface area contributed by atoms with Gasteiger partial charge in [0.2, 0.25) is 0 Å². The van der Waals surface area contributed by atoms with Crippen LogP contribution in [-0.4, -0.2) is 5.78 Å². The summed E-state index contributed by atoms with van der Waals surface area (Å²) < 4.78 is 13.9. The number of Topliss-reactive ketones (excluding diaryl/α,β-unsaturated/α-hetero) is 1. The van der Waals surface area contributed by atoms with Crippen molar-refractivity contribution in [3.8, 4) is 0 Å². The molecule has 98 valence electrons. The molecule has 0 aromatic heterocycles. The molecule has 0 spiro atoms. The first kappa shape index (κ1) is 13.9. The van der Waals surface area contributed by atoms with Crippen LogP contribution in [0.15, 0.2) is 53.0 Å². The van der Waals surface area contributed by atoms with Crippen molar-refractivity contribution in [1.29, 1.82) is 0 Å². The van der Waals surface area contributed by atoms with Crippen molar-refractivity contribution in [2.24, 2.45) is 5.73 Å². The van der Waals surface area contributed by atoms with E-state index < -0.39 is 6.04 Å². The fourth-order valence-electron chi connectivity index (χ4n) is 1.82. The molecular formula is C15H13BrFNO. The van der Waals surface area contributed by atoms with Gasteiger partial charge in [0.15, 0.2) is 5.78 Å². The summed E-state index contributed by atoms with van der Waals surface area (Å²) in [5.41, 5.74) is 7.29. The largest absolute Gasteiger partial charge is 0.318 e. The number of carbonyl (C=O) groups excluding carboxylic acids is 1. The minimum absolute atomic E-state index is 0.106. The monoisotopic (exact) mass is 321 g/mol. The first-order valence-electron chi connectivity index (χ1n) is 5.85. The fourth-order valence-corrected chi connectivity index (χ4v) is 2.21. The smallest absolute Gasteiger partial charge is 0.158 e. The first-order chi connectivity index (χ1) is 9.08.